The lowest BCUT2D eigenvalue weighted by Gasteiger charge is -2.03. The number of alkyl halides is 1. The average molecular weight is 390 g/mol. The van der Waals surface area contributed by atoms with Crippen molar-refractivity contribution < 1.29 is 4.52 Å². The molecule has 0 radical (unpaired) electrons. The van der Waals surface area contributed by atoms with Crippen molar-refractivity contribution >= 4 is 50.5 Å². The fourth-order valence-electron chi connectivity index (χ4n) is 1.73. The Morgan fingerprint density at radius 3 is 2.80 bits per heavy atom. The van der Waals surface area contributed by atoms with E-state index in [1.807, 2.05) is 23.6 Å². The van der Waals surface area contributed by atoms with E-state index < -0.39 is 0 Å². The van der Waals surface area contributed by atoms with Crippen molar-refractivity contribution in [1.82, 2.24) is 10.1 Å². The second-order valence-electron chi connectivity index (χ2n) is 3.93. The summed E-state index contributed by atoms with van der Waals surface area (Å²) in [6.07, 6.45) is 0. The molecule has 0 fully saturated rings. The van der Waals surface area contributed by atoms with Crippen LogP contribution >= 0.6 is 50.5 Å². The van der Waals surface area contributed by atoms with Crippen LogP contribution in [0.4, 0.5) is 0 Å². The molecule has 0 unspecified atom stereocenters. The molecular weight excluding hydrogens is 383 g/mol. The van der Waals surface area contributed by atoms with Gasteiger partial charge in [-0.2, -0.15) is 4.98 Å². The Hall–Kier alpha value is -0.880. The van der Waals surface area contributed by atoms with Crippen molar-refractivity contribution in [2.24, 2.45) is 0 Å². The summed E-state index contributed by atoms with van der Waals surface area (Å²) in [7, 11) is 0. The van der Waals surface area contributed by atoms with Gasteiger partial charge in [-0.3, -0.25) is 0 Å². The van der Waals surface area contributed by atoms with Gasteiger partial charge >= 0.3 is 0 Å². The zero-order chi connectivity index (χ0) is 14.1. The standard InChI is InChI=1S/C13H7BrCl2N2OS/c14-6-7-2-1-3-8(10(7)16)12-17-13(19-18-12)11-9(15)4-5-20-11/h1-5H,6H2. The van der Waals surface area contributed by atoms with Crippen LogP contribution in [0.2, 0.25) is 10.0 Å². The summed E-state index contributed by atoms with van der Waals surface area (Å²) in [5.41, 5.74) is 1.72. The minimum absolute atomic E-state index is 0.403. The molecule has 0 saturated heterocycles. The fraction of sp³-hybridized carbons (Fsp3) is 0.0769. The van der Waals surface area contributed by atoms with Crippen LogP contribution in [0.1, 0.15) is 5.56 Å². The minimum Gasteiger partial charge on any atom is -0.333 e. The zero-order valence-corrected chi connectivity index (χ0v) is 13.9. The van der Waals surface area contributed by atoms with E-state index in [1.165, 1.54) is 11.3 Å². The topological polar surface area (TPSA) is 38.9 Å². The Morgan fingerprint density at radius 1 is 1.25 bits per heavy atom. The van der Waals surface area contributed by atoms with E-state index in [9.17, 15) is 0 Å². The van der Waals surface area contributed by atoms with Gasteiger partial charge in [-0.1, -0.05) is 56.4 Å². The van der Waals surface area contributed by atoms with Gasteiger partial charge in [-0.25, -0.2) is 0 Å². The van der Waals surface area contributed by atoms with E-state index in [4.69, 9.17) is 27.7 Å². The molecule has 0 aliphatic rings. The highest BCUT2D eigenvalue weighted by Crippen LogP contribution is 2.35. The molecule has 0 spiro atoms. The van der Waals surface area contributed by atoms with Crippen LogP contribution in [0.25, 0.3) is 22.2 Å². The summed E-state index contributed by atoms with van der Waals surface area (Å²) < 4.78 is 5.27. The second kappa shape index (κ2) is 5.85. The number of thiophene rings is 1. The molecule has 3 rings (SSSR count). The van der Waals surface area contributed by atoms with Crippen molar-refractivity contribution in [3.63, 3.8) is 0 Å². The van der Waals surface area contributed by atoms with E-state index in [1.54, 1.807) is 6.07 Å². The van der Waals surface area contributed by atoms with Crippen LogP contribution in [0.15, 0.2) is 34.2 Å². The zero-order valence-electron chi connectivity index (χ0n) is 9.94. The lowest BCUT2D eigenvalue weighted by Crippen LogP contribution is -1.87. The van der Waals surface area contributed by atoms with Gasteiger partial charge in [-0.15, -0.1) is 11.3 Å². The first kappa shape index (κ1) is 14.1. The van der Waals surface area contributed by atoms with E-state index in [-0.39, 0.29) is 0 Å². The van der Waals surface area contributed by atoms with Crippen LogP contribution in [-0.2, 0) is 5.33 Å². The maximum atomic E-state index is 6.33. The Balaban J connectivity index is 2.05. The number of hydrogen-bond acceptors (Lipinski definition) is 4. The van der Waals surface area contributed by atoms with E-state index in [0.29, 0.717) is 27.1 Å². The van der Waals surface area contributed by atoms with Gasteiger partial charge in [0.05, 0.1) is 10.0 Å². The van der Waals surface area contributed by atoms with E-state index in [0.717, 1.165) is 16.0 Å². The van der Waals surface area contributed by atoms with Gasteiger partial charge < -0.3 is 4.52 Å². The van der Waals surface area contributed by atoms with Crippen molar-refractivity contribution in [2.75, 3.05) is 0 Å². The highest BCUT2D eigenvalue weighted by atomic mass is 79.9. The van der Waals surface area contributed by atoms with Gasteiger partial charge in [0.2, 0.25) is 5.82 Å². The predicted octanol–water partition coefficient (Wildman–Crippen LogP) is 5.67. The molecule has 0 atom stereocenters. The normalized spacial score (nSPS) is 10.9. The maximum Gasteiger partial charge on any atom is 0.269 e. The van der Waals surface area contributed by atoms with E-state index >= 15 is 0 Å². The van der Waals surface area contributed by atoms with Crippen LogP contribution in [0, 0.1) is 0 Å². The number of halogens is 3. The fourth-order valence-corrected chi connectivity index (χ4v) is 3.69. The predicted molar refractivity (Wildman–Crippen MR) is 85.7 cm³/mol. The minimum atomic E-state index is 0.403. The molecule has 2 aromatic heterocycles. The molecule has 7 heteroatoms. The summed E-state index contributed by atoms with van der Waals surface area (Å²) in [6, 6.07) is 7.51. The third-order valence-electron chi connectivity index (χ3n) is 2.70. The number of benzene rings is 1. The van der Waals surface area contributed by atoms with Crippen LogP contribution in [-0.4, -0.2) is 10.1 Å². The van der Waals surface area contributed by atoms with Crippen LogP contribution < -0.4 is 0 Å². The highest BCUT2D eigenvalue weighted by Gasteiger charge is 2.17. The summed E-state index contributed by atoms with van der Waals surface area (Å²) in [5, 5.41) is 7.75. The van der Waals surface area contributed by atoms with Gasteiger partial charge in [0.25, 0.3) is 5.89 Å². The smallest absolute Gasteiger partial charge is 0.269 e. The first-order valence-electron chi connectivity index (χ1n) is 5.61. The average Bonchev–Trinajstić information content (AvgIpc) is 3.07. The first-order valence-corrected chi connectivity index (χ1v) is 8.37. The highest BCUT2D eigenvalue weighted by molar-refractivity contribution is 9.08. The second-order valence-corrected chi connectivity index (χ2v) is 6.20. The molecule has 0 amide bonds. The van der Waals surface area contributed by atoms with Crippen molar-refractivity contribution in [2.45, 2.75) is 5.33 Å². The molecule has 102 valence electrons. The van der Waals surface area contributed by atoms with Gasteiger partial charge in [0.15, 0.2) is 0 Å². The monoisotopic (exact) mass is 388 g/mol. The van der Waals surface area contributed by atoms with Gasteiger partial charge in [0.1, 0.15) is 4.88 Å². The van der Waals surface area contributed by atoms with Gasteiger partial charge in [-0.05, 0) is 23.1 Å². The summed E-state index contributed by atoms with van der Waals surface area (Å²) in [5.74, 6) is 0.859. The lowest BCUT2D eigenvalue weighted by atomic mass is 10.1. The third kappa shape index (κ3) is 2.51. The number of rotatable bonds is 3. The first-order chi connectivity index (χ1) is 9.70. The summed E-state index contributed by atoms with van der Waals surface area (Å²) in [4.78, 5) is 5.13. The molecule has 3 nitrogen and oxygen atoms in total. The molecule has 0 saturated carbocycles. The maximum absolute atomic E-state index is 6.33. The molecule has 2 heterocycles. The Morgan fingerprint density at radius 2 is 2.10 bits per heavy atom. The molecule has 0 bridgehead atoms. The third-order valence-corrected chi connectivity index (χ3v) is 5.08. The lowest BCUT2D eigenvalue weighted by molar-refractivity contribution is 0.433. The Kier molecular flexibility index (Phi) is 4.12. The Bertz CT molecular complexity index is 756. The number of nitrogens with zero attached hydrogens (tertiary/aromatic N) is 2. The van der Waals surface area contributed by atoms with Crippen LogP contribution in [0.3, 0.4) is 0 Å². The summed E-state index contributed by atoms with van der Waals surface area (Å²) >= 11 is 17.2. The van der Waals surface area contributed by atoms with Crippen molar-refractivity contribution in [3.8, 4) is 22.2 Å². The molecule has 20 heavy (non-hydrogen) atoms. The van der Waals surface area contributed by atoms with Crippen LogP contribution in [0.5, 0.6) is 0 Å². The Labute approximate surface area is 137 Å². The quantitative estimate of drug-likeness (QED) is 0.542. The molecule has 3 aromatic rings. The molecule has 0 aliphatic carbocycles. The molecule has 0 N–H and O–H groups in total. The molecular formula is C13H7BrCl2N2OS. The SMILES string of the molecule is Clc1ccsc1-c1nc(-c2cccc(CBr)c2Cl)no1. The number of hydrogen-bond donors (Lipinski definition) is 0. The largest absolute Gasteiger partial charge is 0.333 e. The molecule has 1 aromatic carbocycles. The number of aromatic nitrogens is 2. The van der Waals surface area contributed by atoms with Crippen molar-refractivity contribution in [3.05, 3.63) is 45.3 Å². The van der Waals surface area contributed by atoms with E-state index in [2.05, 4.69) is 26.1 Å². The van der Waals surface area contributed by atoms with Gasteiger partial charge in [0, 0.05) is 10.9 Å². The molecule has 0 aliphatic heterocycles. The summed E-state index contributed by atoms with van der Waals surface area (Å²) in [6.45, 7) is 0. The van der Waals surface area contributed by atoms with Crippen molar-refractivity contribution in [1.29, 1.82) is 0 Å².